The summed E-state index contributed by atoms with van der Waals surface area (Å²) in [6, 6.07) is 0. The molecule has 2 atom stereocenters. The summed E-state index contributed by atoms with van der Waals surface area (Å²) >= 11 is 0. The SMILES string of the molecule is CCOC(=O)[C@H]1CCCO[P@]1(=O)OCC. The second-order valence-electron chi connectivity index (χ2n) is 3.20. The molecule has 15 heavy (non-hydrogen) atoms. The molecule has 0 amide bonds. The summed E-state index contributed by atoms with van der Waals surface area (Å²) in [5.41, 5.74) is -0.744. The third-order valence-electron chi connectivity index (χ3n) is 2.14. The lowest BCUT2D eigenvalue weighted by Crippen LogP contribution is -2.29. The minimum absolute atomic E-state index is 0.271. The predicted octanol–water partition coefficient (Wildman–Crippen LogP) is 1.96. The number of esters is 1. The van der Waals surface area contributed by atoms with E-state index in [2.05, 4.69) is 0 Å². The van der Waals surface area contributed by atoms with Crippen LogP contribution in [-0.4, -0.2) is 31.4 Å². The van der Waals surface area contributed by atoms with Crippen molar-refractivity contribution >= 4 is 13.6 Å². The maximum absolute atomic E-state index is 12.1. The van der Waals surface area contributed by atoms with E-state index in [0.29, 0.717) is 19.4 Å². The summed E-state index contributed by atoms with van der Waals surface area (Å²) in [5.74, 6) is -0.478. The Morgan fingerprint density at radius 1 is 1.47 bits per heavy atom. The second-order valence-corrected chi connectivity index (χ2v) is 5.42. The van der Waals surface area contributed by atoms with E-state index >= 15 is 0 Å². The highest BCUT2D eigenvalue weighted by molar-refractivity contribution is 7.55. The van der Waals surface area contributed by atoms with Gasteiger partial charge < -0.3 is 13.8 Å². The molecule has 6 heteroatoms. The fraction of sp³-hybridized carbons (Fsp3) is 0.889. The van der Waals surface area contributed by atoms with Crippen molar-refractivity contribution in [2.45, 2.75) is 32.3 Å². The zero-order valence-corrected chi connectivity index (χ0v) is 10.00. The number of rotatable bonds is 4. The van der Waals surface area contributed by atoms with Crippen LogP contribution in [0.5, 0.6) is 0 Å². The van der Waals surface area contributed by atoms with Gasteiger partial charge in [-0.05, 0) is 26.7 Å². The van der Waals surface area contributed by atoms with Gasteiger partial charge in [0.2, 0.25) is 0 Å². The summed E-state index contributed by atoms with van der Waals surface area (Å²) in [6.07, 6.45) is 1.22. The first-order valence-electron chi connectivity index (χ1n) is 5.19. The summed E-state index contributed by atoms with van der Waals surface area (Å²) < 4.78 is 27.2. The Balaban J connectivity index is 2.73. The highest BCUT2D eigenvalue weighted by Crippen LogP contribution is 2.57. The van der Waals surface area contributed by atoms with Crippen LogP contribution in [0.15, 0.2) is 0 Å². The summed E-state index contributed by atoms with van der Waals surface area (Å²) in [6.45, 7) is 4.37. The Bertz CT molecular complexity index is 259. The third-order valence-corrected chi connectivity index (χ3v) is 4.54. The quantitative estimate of drug-likeness (QED) is 0.551. The Labute approximate surface area is 89.6 Å². The van der Waals surface area contributed by atoms with E-state index in [1.54, 1.807) is 13.8 Å². The third kappa shape index (κ3) is 3.03. The van der Waals surface area contributed by atoms with Crippen molar-refractivity contribution < 1.29 is 23.1 Å². The molecule has 0 aromatic carbocycles. The molecule has 1 heterocycles. The lowest BCUT2D eigenvalue weighted by Gasteiger charge is -2.28. The molecule has 1 saturated heterocycles. The molecule has 0 aliphatic carbocycles. The first kappa shape index (κ1) is 12.7. The molecule has 88 valence electrons. The minimum atomic E-state index is -3.28. The highest BCUT2D eigenvalue weighted by Gasteiger charge is 2.44. The van der Waals surface area contributed by atoms with Gasteiger partial charge in [0.15, 0.2) is 5.66 Å². The molecule has 1 aliphatic heterocycles. The van der Waals surface area contributed by atoms with E-state index in [9.17, 15) is 9.36 Å². The molecule has 1 rings (SSSR count). The fourth-order valence-corrected chi connectivity index (χ4v) is 3.52. The summed E-state index contributed by atoms with van der Waals surface area (Å²) in [5, 5.41) is 0. The molecule has 0 saturated carbocycles. The molecular formula is C9H17O5P. The normalized spacial score (nSPS) is 31.2. The van der Waals surface area contributed by atoms with Crippen LogP contribution < -0.4 is 0 Å². The predicted molar refractivity (Wildman–Crippen MR) is 54.8 cm³/mol. The van der Waals surface area contributed by atoms with Gasteiger partial charge >= 0.3 is 13.6 Å². The van der Waals surface area contributed by atoms with Crippen molar-refractivity contribution in [3.05, 3.63) is 0 Å². The molecule has 1 aliphatic rings. The van der Waals surface area contributed by atoms with Crippen molar-refractivity contribution in [1.82, 2.24) is 0 Å². The van der Waals surface area contributed by atoms with Crippen LogP contribution in [-0.2, 0) is 23.1 Å². The van der Waals surface area contributed by atoms with E-state index in [1.165, 1.54) is 0 Å². The van der Waals surface area contributed by atoms with Gasteiger partial charge in [-0.2, -0.15) is 0 Å². The van der Waals surface area contributed by atoms with Gasteiger partial charge in [0, 0.05) is 0 Å². The molecule has 0 aromatic heterocycles. The van der Waals surface area contributed by atoms with Crippen LogP contribution in [0.2, 0.25) is 0 Å². The number of carbonyl (C=O) groups is 1. The number of hydrogen-bond donors (Lipinski definition) is 0. The molecule has 0 bridgehead atoms. The van der Waals surface area contributed by atoms with Crippen molar-refractivity contribution in [1.29, 1.82) is 0 Å². The Kier molecular flexibility index (Phi) is 4.77. The average molecular weight is 236 g/mol. The molecule has 0 radical (unpaired) electrons. The first-order chi connectivity index (χ1) is 7.14. The van der Waals surface area contributed by atoms with Gasteiger partial charge in [-0.15, -0.1) is 0 Å². The van der Waals surface area contributed by atoms with Crippen LogP contribution in [0.4, 0.5) is 0 Å². The maximum atomic E-state index is 12.1. The molecule has 0 unspecified atom stereocenters. The van der Waals surface area contributed by atoms with E-state index in [1.807, 2.05) is 0 Å². The summed E-state index contributed by atoms with van der Waals surface area (Å²) in [4.78, 5) is 11.5. The van der Waals surface area contributed by atoms with Crippen LogP contribution in [0.25, 0.3) is 0 Å². The zero-order valence-electron chi connectivity index (χ0n) is 9.10. The maximum Gasteiger partial charge on any atom is 0.344 e. The van der Waals surface area contributed by atoms with Crippen LogP contribution in [0.3, 0.4) is 0 Å². The van der Waals surface area contributed by atoms with E-state index in [-0.39, 0.29) is 13.2 Å². The molecule has 0 N–H and O–H groups in total. The Morgan fingerprint density at radius 3 is 2.80 bits per heavy atom. The number of carbonyl (C=O) groups excluding carboxylic acids is 1. The smallest absolute Gasteiger partial charge is 0.344 e. The van der Waals surface area contributed by atoms with E-state index in [4.69, 9.17) is 13.8 Å². The Hall–Kier alpha value is -0.380. The topological polar surface area (TPSA) is 61.8 Å². The van der Waals surface area contributed by atoms with Crippen LogP contribution in [0.1, 0.15) is 26.7 Å². The van der Waals surface area contributed by atoms with Gasteiger partial charge in [0.05, 0.1) is 19.8 Å². The van der Waals surface area contributed by atoms with Gasteiger partial charge in [0.1, 0.15) is 0 Å². The van der Waals surface area contributed by atoms with E-state index in [0.717, 1.165) is 0 Å². The highest BCUT2D eigenvalue weighted by atomic mass is 31.2. The summed E-state index contributed by atoms with van der Waals surface area (Å²) in [7, 11) is -3.28. The van der Waals surface area contributed by atoms with Crippen molar-refractivity contribution in [2.24, 2.45) is 0 Å². The largest absolute Gasteiger partial charge is 0.465 e. The average Bonchev–Trinajstić information content (AvgIpc) is 2.18. The fourth-order valence-electron chi connectivity index (χ4n) is 1.51. The van der Waals surface area contributed by atoms with Gasteiger partial charge in [-0.25, -0.2) is 0 Å². The van der Waals surface area contributed by atoms with Crippen molar-refractivity contribution in [3.63, 3.8) is 0 Å². The number of ether oxygens (including phenoxy) is 1. The lowest BCUT2D eigenvalue weighted by molar-refractivity contribution is -0.143. The standard InChI is InChI=1S/C9H17O5P/c1-3-12-9(10)8-6-5-7-14-15(8,11)13-4-2/h8H,3-7H2,1-2H3/t8-,15-/m1/s1. The first-order valence-corrected chi connectivity index (χ1v) is 6.80. The molecule has 1 fully saturated rings. The van der Waals surface area contributed by atoms with Crippen LogP contribution >= 0.6 is 7.60 Å². The van der Waals surface area contributed by atoms with Gasteiger partial charge in [0.25, 0.3) is 0 Å². The molecule has 0 aromatic rings. The second kappa shape index (κ2) is 5.64. The monoisotopic (exact) mass is 236 g/mol. The molecule has 5 nitrogen and oxygen atoms in total. The van der Waals surface area contributed by atoms with Crippen LogP contribution in [0, 0.1) is 0 Å². The number of hydrogen-bond acceptors (Lipinski definition) is 5. The van der Waals surface area contributed by atoms with Gasteiger partial charge in [-0.1, -0.05) is 0 Å². The van der Waals surface area contributed by atoms with E-state index < -0.39 is 19.2 Å². The van der Waals surface area contributed by atoms with Gasteiger partial charge in [-0.3, -0.25) is 9.36 Å². The minimum Gasteiger partial charge on any atom is -0.465 e. The van der Waals surface area contributed by atoms with Crippen molar-refractivity contribution in [3.8, 4) is 0 Å². The zero-order chi connectivity index (χ0) is 11.3. The van der Waals surface area contributed by atoms with Crippen molar-refractivity contribution in [2.75, 3.05) is 19.8 Å². The Morgan fingerprint density at radius 2 is 2.20 bits per heavy atom. The lowest BCUT2D eigenvalue weighted by atomic mass is 10.2. The molecule has 0 spiro atoms. The molecular weight excluding hydrogens is 219 g/mol.